The van der Waals surface area contributed by atoms with Crippen LogP contribution in [0.3, 0.4) is 0 Å². The molecular weight excluding hydrogens is 356 g/mol. The summed E-state index contributed by atoms with van der Waals surface area (Å²) in [5, 5.41) is 4.83. The standard InChI is InChI=1S/C22H28N2O4/c1-13-12-27-20-15(3)21-18(11-17(13)20)14(2)16(22(26)28-21)7-8-19(25)23-9-6-10-24(4)5/h11-12H,6-10H2,1-5H3,(H,23,25). The number of benzene rings is 1. The van der Waals surface area contributed by atoms with Crippen LogP contribution in [0.1, 0.15) is 35.1 Å². The van der Waals surface area contributed by atoms with Gasteiger partial charge in [0.1, 0.15) is 11.2 Å². The minimum atomic E-state index is -0.379. The predicted octanol–water partition coefficient (Wildman–Crippen LogP) is 3.46. The average Bonchev–Trinajstić information content (AvgIpc) is 3.01. The largest absolute Gasteiger partial charge is 0.464 e. The molecule has 2 aromatic heterocycles. The fourth-order valence-electron chi connectivity index (χ4n) is 3.56. The molecular formula is C22H28N2O4. The first-order chi connectivity index (χ1) is 13.3. The van der Waals surface area contributed by atoms with Crippen LogP contribution in [0.5, 0.6) is 0 Å². The van der Waals surface area contributed by atoms with Gasteiger partial charge in [-0.2, -0.15) is 0 Å². The average molecular weight is 384 g/mol. The molecule has 6 nitrogen and oxygen atoms in total. The molecule has 0 fully saturated rings. The van der Waals surface area contributed by atoms with Gasteiger partial charge < -0.3 is 19.1 Å². The Kier molecular flexibility index (Phi) is 5.89. The number of carbonyl (C=O) groups excluding carboxylic acids is 1. The molecule has 0 aliphatic heterocycles. The highest BCUT2D eigenvalue weighted by Crippen LogP contribution is 2.32. The molecule has 0 spiro atoms. The maximum Gasteiger partial charge on any atom is 0.339 e. The predicted molar refractivity (Wildman–Crippen MR) is 111 cm³/mol. The first-order valence-corrected chi connectivity index (χ1v) is 9.64. The second-order valence-electron chi connectivity index (χ2n) is 7.67. The Hall–Kier alpha value is -2.60. The fraction of sp³-hybridized carbons (Fsp3) is 0.455. The van der Waals surface area contributed by atoms with Crippen LogP contribution >= 0.6 is 0 Å². The van der Waals surface area contributed by atoms with Crippen molar-refractivity contribution < 1.29 is 13.6 Å². The number of nitrogens with zero attached hydrogens (tertiary/aromatic N) is 1. The second-order valence-corrected chi connectivity index (χ2v) is 7.67. The lowest BCUT2D eigenvalue weighted by atomic mass is 9.98. The number of hydrogen-bond acceptors (Lipinski definition) is 5. The van der Waals surface area contributed by atoms with Gasteiger partial charge in [-0.15, -0.1) is 0 Å². The van der Waals surface area contributed by atoms with Crippen molar-refractivity contribution in [2.24, 2.45) is 0 Å². The molecule has 0 unspecified atom stereocenters. The first-order valence-electron chi connectivity index (χ1n) is 9.64. The molecule has 3 aromatic rings. The highest BCUT2D eigenvalue weighted by Gasteiger charge is 2.18. The number of aryl methyl sites for hydroxylation is 3. The van der Waals surface area contributed by atoms with E-state index in [1.807, 2.05) is 40.9 Å². The van der Waals surface area contributed by atoms with Gasteiger partial charge >= 0.3 is 5.63 Å². The molecule has 0 saturated heterocycles. The number of nitrogens with one attached hydrogen (secondary N) is 1. The zero-order chi connectivity index (χ0) is 20.4. The topological polar surface area (TPSA) is 75.7 Å². The molecule has 0 aliphatic carbocycles. The second kappa shape index (κ2) is 8.19. The quantitative estimate of drug-likeness (QED) is 0.499. The van der Waals surface area contributed by atoms with Gasteiger partial charge in [0.2, 0.25) is 5.91 Å². The molecule has 6 heteroatoms. The molecule has 3 rings (SSSR count). The van der Waals surface area contributed by atoms with E-state index in [0.717, 1.165) is 46.0 Å². The zero-order valence-corrected chi connectivity index (χ0v) is 17.3. The smallest absolute Gasteiger partial charge is 0.339 e. The maximum absolute atomic E-state index is 12.6. The Morgan fingerprint density at radius 3 is 2.57 bits per heavy atom. The Labute approximate surface area is 164 Å². The molecule has 0 radical (unpaired) electrons. The third kappa shape index (κ3) is 3.97. The van der Waals surface area contributed by atoms with Crippen molar-refractivity contribution in [1.82, 2.24) is 10.2 Å². The lowest BCUT2D eigenvalue weighted by Gasteiger charge is -2.11. The summed E-state index contributed by atoms with van der Waals surface area (Å²) >= 11 is 0. The van der Waals surface area contributed by atoms with Gasteiger partial charge in [0.25, 0.3) is 0 Å². The fourth-order valence-corrected chi connectivity index (χ4v) is 3.56. The summed E-state index contributed by atoms with van der Waals surface area (Å²) in [7, 11) is 4.01. The van der Waals surface area contributed by atoms with E-state index in [9.17, 15) is 9.59 Å². The van der Waals surface area contributed by atoms with Crippen LogP contribution < -0.4 is 10.9 Å². The van der Waals surface area contributed by atoms with Gasteiger partial charge in [0.05, 0.1) is 6.26 Å². The molecule has 1 N–H and O–H groups in total. The molecule has 150 valence electrons. The molecule has 0 saturated carbocycles. The van der Waals surface area contributed by atoms with Crippen LogP contribution in [0.4, 0.5) is 0 Å². The normalized spacial score (nSPS) is 11.6. The van der Waals surface area contributed by atoms with E-state index in [-0.39, 0.29) is 18.0 Å². The highest BCUT2D eigenvalue weighted by molar-refractivity contribution is 5.99. The third-order valence-electron chi connectivity index (χ3n) is 5.24. The van der Waals surface area contributed by atoms with Gasteiger partial charge in [-0.1, -0.05) is 0 Å². The number of hydrogen-bond donors (Lipinski definition) is 1. The van der Waals surface area contributed by atoms with Gasteiger partial charge in [0, 0.05) is 34.9 Å². The van der Waals surface area contributed by atoms with E-state index in [4.69, 9.17) is 8.83 Å². The van der Waals surface area contributed by atoms with E-state index < -0.39 is 0 Å². The molecule has 0 bridgehead atoms. The number of carbonyl (C=O) groups is 1. The Bertz CT molecular complexity index is 1080. The monoisotopic (exact) mass is 384 g/mol. The van der Waals surface area contributed by atoms with E-state index in [1.54, 1.807) is 6.26 Å². The molecule has 1 aromatic carbocycles. The van der Waals surface area contributed by atoms with E-state index in [0.29, 0.717) is 24.1 Å². The lowest BCUT2D eigenvalue weighted by Crippen LogP contribution is -2.27. The number of rotatable bonds is 7. The van der Waals surface area contributed by atoms with Crippen LogP contribution in [0.15, 0.2) is 26.0 Å². The SMILES string of the molecule is Cc1coc2c(C)c3oc(=O)c(CCC(=O)NCCCN(C)C)c(C)c3cc12. The van der Waals surface area contributed by atoms with Gasteiger partial charge in [-0.05, 0) is 71.4 Å². The molecule has 1 amide bonds. The van der Waals surface area contributed by atoms with Gasteiger partial charge in [-0.25, -0.2) is 4.79 Å². The summed E-state index contributed by atoms with van der Waals surface area (Å²) in [4.78, 5) is 26.8. The number of furan rings is 1. The summed E-state index contributed by atoms with van der Waals surface area (Å²) in [6.07, 6.45) is 3.25. The summed E-state index contributed by atoms with van der Waals surface area (Å²) in [5.74, 6) is -0.0463. The van der Waals surface area contributed by atoms with Crippen molar-refractivity contribution in [3.05, 3.63) is 45.0 Å². The summed E-state index contributed by atoms with van der Waals surface area (Å²) in [5.41, 5.74) is 4.23. The van der Waals surface area contributed by atoms with Crippen molar-refractivity contribution in [2.45, 2.75) is 40.0 Å². The molecule has 28 heavy (non-hydrogen) atoms. The van der Waals surface area contributed by atoms with Crippen molar-refractivity contribution in [2.75, 3.05) is 27.2 Å². The van der Waals surface area contributed by atoms with E-state index in [2.05, 4.69) is 10.2 Å². The maximum atomic E-state index is 12.6. The van der Waals surface area contributed by atoms with Gasteiger partial charge in [0.15, 0.2) is 0 Å². The third-order valence-corrected chi connectivity index (χ3v) is 5.24. The summed E-state index contributed by atoms with van der Waals surface area (Å²) < 4.78 is 11.2. The van der Waals surface area contributed by atoms with Crippen LogP contribution in [-0.4, -0.2) is 38.0 Å². The molecule has 2 heterocycles. The number of fused-ring (bicyclic) bond motifs is 2. The molecule has 0 atom stereocenters. The van der Waals surface area contributed by atoms with Crippen molar-refractivity contribution in [1.29, 1.82) is 0 Å². The van der Waals surface area contributed by atoms with Crippen LogP contribution in [0.25, 0.3) is 21.9 Å². The Morgan fingerprint density at radius 2 is 1.86 bits per heavy atom. The minimum Gasteiger partial charge on any atom is -0.464 e. The van der Waals surface area contributed by atoms with Crippen molar-refractivity contribution in [3.63, 3.8) is 0 Å². The highest BCUT2D eigenvalue weighted by atomic mass is 16.4. The van der Waals surface area contributed by atoms with E-state index >= 15 is 0 Å². The van der Waals surface area contributed by atoms with Crippen LogP contribution in [0, 0.1) is 20.8 Å². The van der Waals surface area contributed by atoms with E-state index in [1.165, 1.54) is 0 Å². The minimum absolute atomic E-state index is 0.0463. The zero-order valence-electron chi connectivity index (χ0n) is 17.3. The Balaban J connectivity index is 1.82. The van der Waals surface area contributed by atoms with Crippen LogP contribution in [-0.2, 0) is 11.2 Å². The van der Waals surface area contributed by atoms with Crippen molar-refractivity contribution >= 4 is 27.8 Å². The summed E-state index contributed by atoms with van der Waals surface area (Å²) in [6, 6.07) is 2.01. The lowest BCUT2D eigenvalue weighted by molar-refractivity contribution is -0.121. The van der Waals surface area contributed by atoms with Gasteiger partial charge in [-0.3, -0.25) is 4.79 Å². The van der Waals surface area contributed by atoms with Crippen LogP contribution in [0.2, 0.25) is 0 Å². The number of amides is 1. The summed E-state index contributed by atoms with van der Waals surface area (Å²) in [6.45, 7) is 7.38. The van der Waals surface area contributed by atoms with Crippen molar-refractivity contribution in [3.8, 4) is 0 Å². The first kappa shape index (κ1) is 20.1. The molecule has 0 aliphatic rings. The Morgan fingerprint density at radius 1 is 1.11 bits per heavy atom.